The third-order valence-corrected chi connectivity index (χ3v) is 5.13. The number of carbonyl (C=O) groups excluding carboxylic acids is 1. The van der Waals surface area contributed by atoms with Crippen LogP contribution in [0.25, 0.3) is 0 Å². The van der Waals surface area contributed by atoms with Crippen molar-refractivity contribution in [3.63, 3.8) is 0 Å². The lowest BCUT2D eigenvalue weighted by Crippen LogP contribution is -2.49. The highest BCUT2D eigenvalue weighted by atomic mass is 19.4. The van der Waals surface area contributed by atoms with Crippen molar-refractivity contribution < 1.29 is 27.4 Å². The summed E-state index contributed by atoms with van der Waals surface area (Å²) in [6.45, 7) is 3.62. The summed E-state index contributed by atoms with van der Waals surface area (Å²) in [6, 6.07) is 5.48. The number of rotatable bonds is 8. The van der Waals surface area contributed by atoms with E-state index in [-0.39, 0.29) is 25.5 Å². The molecule has 1 fully saturated rings. The Morgan fingerprint density at radius 3 is 2.62 bits per heavy atom. The van der Waals surface area contributed by atoms with Gasteiger partial charge in [-0.15, -0.1) is 0 Å². The molecule has 0 aromatic carbocycles. The maximum absolute atomic E-state index is 13.0. The molecule has 10 nitrogen and oxygen atoms in total. The average molecular weight is 480 g/mol. The highest BCUT2D eigenvalue weighted by Gasteiger charge is 2.38. The largest absolute Gasteiger partial charge is 0.488 e. The van der Waals surface area contributed by atoms with E-state index in [1.54, 1.807) is 29.1 Å². The molecule has 1 aliphatic heterocycles. The van der Waals surface area contributed by atoms with Gasteiger partial charge < -0.3 is 19.3 Å². The van der Waals surface area contributed by atoms with Crippen molar-refractivity contribution in [1.82, 2.24) is 20.1 Å². The SMILES string of the molecule is CC(COc1cn[nH]c(=O)c1C(F)(F)F)OCCC(=O)N1CCN(c2ccc(C#N)cn2)CC1. The Hall–Kier alpha value is -3.66. The Morgan fingerprint density at radius 1 is 1.26 bits per heavy atom. The molecule has 13 heteroatoms. The summed E-state index contributed by atoms with van der Waals surface area (Å²) >= 11 is 0. The number of carbonyl (C=O) groups is 1. The number of anilines is 1. The molecule has 1 aliphatic rings. The quantitative estimate of drug-likeness (QED) is 0.604. The molecule has 0 aliphatic carbocycles. The van der Waals surface area contributed by atoms with Crippen LogP contribution in [0.15, 0.2) is 29.3 Å². The van der Waals surface area contributed by atoms with Gasteiger partial charge in [-0.2, -0.15) is 23.5 Å². The van der Waals surface area contributed by atoms with Crippen LogP contribution in [0, 0.1) is 11.3 Å². The molecule has 0 saturated carbocycles. The number of nitrogens with zero attached hydrogens (tertiary/aromatic N) is 5. The zero-order chi connectivity index (χ0) is 24.7. The van der Waals surface area contributed by atoms with Gasteiger partial charge in [0.25, 0.3) is 5.56 Å². The molecule has 182 valence electrons. The zero-order valence-electron chi connectivity index (χ0n) is 18.3. The lowest BCUT2D eigenvalue weighted by molar-refractivity contribution is -0.140. The molecule has 1 atom stereocenters. The molecular weight excluding hydrogens is 457 g/mol. The summed E-state index contributed by atoms with van der Waals surface area (Å²) in [5.41, 5.74) is -2.37. The number of nitriles is 1. The minimum Gasteiger partial charge on any atom is -0.488 e. The van der Waals surface area contributed by atoms with E-state index in [9.17, 15) is 22.8 Å². The Bertz CT molecular complexity index is 1080. The first-order valence-corrected chi connectivity index (χ1v) is 10.5. The first-order chi connectivity index (χ1) is 16.2. The summed E-state index contributed by atoms with van der Waals surface area (Å²) < 4.78 is 49.7. The minimum atomic E-state index is -4.89. The number of alkyl halides is 3. The first-order valence-electron chi connectivity index (χ1n) is 10.5. The van der Waals surface area contributed by atoms with Gasteiger partial charge in [-0.25, -0.2) is 10.1 Å². The van der Waals surface area contributed by atoms with Gasteiger partial charge in [0.1, 0.15) is 18.5 Å². The number of aromatic amines is 1. The van der Waals surface area contributed by atoms with Crippen LogP contribution in [-0.2, 0) is 15.7 Å². The van der Waals surface area contributed by atoms with Gasteiger partial charge in [0.05, 0.1) is 30.9 Å². The lowest BCUT2D eigenvalue weighted by atomic mass is 10.2. The van der Waals surface area contributed by atoms with Crippen molar-refractivity contribution in [2.45, 2.75) is 25.6 Å². The predicted octanol–water partition coefficient (Wildman–Crippen LogP) is 1.58. The number of H-pyrrole nitrogens is 1. The summed E-state index contributed by atoms with van der Waals surface area (Å²) in [5, 5.41) is 13.9. The van der Waals surface area contributed by atoms with E-state index in [0.717, 1.165) is 12.0 Å². The maximum Gasteiger partial charge on any atom is 0.425 e. The molecule has 0 spiro atoms. The number of pyridine rings is 1. The first kappa shape index (κ1) is 25.0. The van der Waals surface area contributed by atoms with E-state index in [1.165, 1.54) is 6.20 Å². The number of ether oxygens (including phenoxy) is 2. The molecule has 1 amide bonds. The highest BCUT2D eigenvalue weighted by Crippen LogP contribution is 2.32. The molecule has 0 bridgehead atoms. The standard InChI is InChI=1S/C21H23F3N6O4/c1-14(13-34-16-12-27-28-20(32)19(16)21(22,23)24)33-9-4-18(31)30-7-5-29(6-8-30)17-3-2-15(10-25)11-26-17/h2-3,11-12,14H,4-9,13H2,1H3,(H,28,32). The Kier molecular flexibility index (Phi) is 8.06. The van der Waals surface area contributed by atoms with E-state index in [4.69, 9.17) is 14.7 Å². The summed E-state index contributed by atoms with van der Waals surface area (Å²) in [5.74, 6) is -0.0383. The zero-order valence-corrected chi connectivity index (χ0v) is 18.3. The van der Waals surface area contributed by atoms with Gasteiger partial charge in [-0.1, -0.05) is 0 Å². The van der Waals surface area contributed by atoms with Crippen LogP contribution in [0.1, 0.15) is 24.5 Å². The van der Waals surface area contributed by atoms with Crippen LogP contribution < -0.4 is 15.2 Å². The third kappa shape index (κ3) is 6.44. The molecule has 3 heterocycles. The molecular formula is C21H23F3N6O4. The number of hydrogen-bond acceptors (Lipinski definition) is 8. The molecule has 34 heavy (non-hydrogen) atoms. The molecule has 1 saturated heterocycles. The highest BCUT2D eigenvalue weighted by molar-refractivity contribution is 5.76. The van der Waals surface area contributed by atoms with Crippen LogP contribution in [0.2, 0.25) is 0 Å². The molecule has 1 unspecified atom stereocenters. The van der Waals surface area contributed by atoms with Crippen molar-refractivity contribution in [2.75, 3.05) is 44.3 Å². The molecule has 1 N–H and O–H groups in total. The molecule has 2 aromatic rings. The smallest absolute Gasteiger partial charge is 0.425 e. The Labute approximate surface area is 192 Å². The fourth-order valence-electron chi connectivity index (χ4n) is 3.34. The predicted molar refractivity (Wildman–Crippen MR) is 113 cm³/mol. The van der Waals surface area contributed by atoms with Gasteiger partial charge in [0.15, 0.2) is 11.3 Å². The van der Waals surface area contributed by atoms with E-state index in [1.807, 2.05) is 11.0 Å². The van der Waals surface area contributed by atoms with Crippen molar-refractivity contribution in [3.8, 4) is 11.8 Å². The van der Waals surface area contributed by atoms with Gasteiger partial charge in [-0.05, 0) is 19.1 Å². The van der Waals surface area contributed by atoms with Crippen LogP contribution >= 0.6 is 0 Å². The molecule has 3 rings (SSSR count). The second-order valence-electron chi connectivity index (χ2n) is 7.56. The number of halogens is 3. The number of amides is 1. The molecule has 2 aromatic heterocycles. The fourth-order valence-corrected chi connectivity index (χ4v) is 3.34. The third-order valence-electron chi connectivity index (χ3n) is 5.13. The Balaban J connectivity index is 1.40. The summed E-state index contributed by atoms with van der Waals surface area (Å²) in [7, 11) is 0. The van der Waals surface area contributed by atoms with Crippen LogP contribution in [0.5, 0.6) is 5.75 Å². The Morgan fingerprint density at radius 2 is 2.00 bits per heavy atom. The second-order valence-corrected chi connectivity index (χ2v) is 7.56. The lowest BCUT2D eigenvalue weighted by Gasteiger charge is -2.35. The van der Waals surface area contributed by atoms with Crippen molar-refractivity contribution >= 4 is 11.7 Å². The minimum absolute atomic E-state index is 0.0699. The molecule has 0 radical (unpaired) electrons. The monoisotopic (exact) mass is 480 g/mol. The van der Waals surface area contributed by atoms with Gasteiger partial charge in [0.2, 0.25) is 5.91 Å². The van der Waals surface area contributed by atoms with Crippen LogP contribution in [0.3, 0.4) is 0 Å². The number of aromatic nitrogens is 3. The summed E-state index contributed by atoms with van der Waals surface area (Å²) in [6.07, 6.45) is -3.10. The van der Waals surface area contributed by atoms with E-state index >= 15 is 0 Å². The number of piperazine rings is 1. The normalized spacial score (nSPS) is 15.0. The number of hydrogen-bond donors (Lipinski definition) is 1. The van der Waals surface area contributed by atoms with Gasteiger partial charge in [0, 0.05) is 32.4 Å². The maximum atomic E-state index is 13.0. The van der Waals surface area contributed by atoms with Crippen molar-refractivity contribution in [2.24, 2.45) is 0 Å². The van der Waals surface area contributed by atoms with Gasteiger partial charge >= 0.3 is 6.18 Å². The second kappa shape index (κ2) is 11.0. The van der Waals surface area contributed by atoms with E-state index < -0.39 is 29.2 Å². The van der Waals surface area contributed by atoms with E-state index in [0.29, 0.717) is 31.7 Å². The summed E-state index contributed by atoms with van der Waals surface area (Å²) in [4.78, 5) is 31.9. The number of nitrogens with one attached hydrogen (secondary N) is 1. The topological polar surface area (TPSA) is 124 Å². The van der Waals surface area contributed by atoms with Crippen LogP contribution in [-0.4, -0.2) is 71.5 Å². The van der Waals surface area contributed by atoms with Crippen LogP contribution in [0.4, 0.5) is 19.0 Å². The average Bonchev–Trinajstić information content (AvgIpc) is 2.82. The fraction of sp³-hybridized carbons (Fsp3) is 0.476. The van der Waals surface area contributed by atoms with E-state index in [2.05, 4.69) is 10.1 Å². The van der Waals surface area contributed by atoms with Gasteiger partial charge in [-0.3, -0.25) is 9.59 Å². The van der Waals surface area contributed by atoms with Crippen molar-refractivity contribution in [3.05, 3.63) is 46.0 Å². The van der Waals surface area contributed by atoms with Crippen molar-refractivity contribution in [1.29, 1.82) is 5.26 Å².